The molecule has 10 heteroatoms. The largest absolute Gasteiger partial charge is 0.497 e. The van der Waals surface area contributed by atoms with Crippen molar-refractivity contribution in [2.45, 2.75) is 13.0 Å². The number of hydrogen-bond acceptors (Lipinski definition) is 5. The van der Waals surface area contributed by atoms with Crippen molar-refractivity contribution >= 4 is 21.8 Å². The summed E-state index contributed by atoms with van der Waals surface area (Å²) in [6.45, 7) is 1.31. The molecule has 0 unspecified atom stereocenters. The van der Waals surface area contributed by atoms with Gasteiger partial charge in [-0.1, -0.05) is 12.1 Å². The predicted molar refractivity (Wildman–Crippen MR) is 112 cm³/mol. The molecule has 2 aromatic rings. The number of benzene rings is 2. The van der Waals surface area contributed by atoms with Crippen molar-refractivity contribution in [2.75, 3.05) is 38.7 Å². The van der Waals surface area contributed by atoms with Gasteiger partial charge < -0.3 is 14.8 Å². The Kier molecular flexibility index (Phi) is 8.01. The molecule has 0 spiro atoms. The molecule has 0 fully saturated rings. The van der Waals surface area contributed by atoms with Crippen molar-refractivity contribution in [3.63, 3.8) is 0 Å². The third-order valence-corrected chi connectivity index (χ3v) is 5.92. The molecule has 0 aromatic heterocycles. The van der Waals surface area contributed by atoms with E-state index in [1.54, 1.807) is 38.3 Å². The summed E-state index contributed by atoms with van der Waals surface area (Å²) in [6, 6.07) is 11.9. The Labute approximate surface area is 176 Å². The summed E-state index contributed by atoms with van der Waals surface area (Å²) in [7, 11) is 0.103. The molecule has 0 saturated heterocycles. The van der Waals surface area contributed by atoms with Crippen LogP contribution in [0.15, 0.2) is 48.5 Å². The molecule has 0 bridgehead atoms. The second-order valence-electron chi connectivity index (χ2n) is 6.70. The highest BCUT2D eigenvalue weighted by Gasteiger charge is 2.29. The standard InChI is InChI=1S/C20H26FN3O5S/c1-15(14-29-17-11-9-16(28-4)10-12-17)22-20(25)13-24(30(26,27)23(2)3)19-8-6-5-7-18(19)21/h5-12,15H,13-14H2,1-4H3,(H,22,25)/t15-/m1/s1. The Morgan fingerprint density at radius 3 is 2.27 bits per heavy atom. The van der Waals surface area contributed by atoms with Crippen molar-refractivity contribution in [2.24, 2.45) is 0 Å². The molecule has 0 aliphatic carbocycles. The van der Waals surface area contributed by atoms with Gasteiger partial charge in [0.25, 0.3) is 0 Å². The number of carbonyl (C=O) groups excluding carboxylic acids is 1. The Morgan fingerprint density at radius 1 is 1.10 bits per heavy atom. The highest BCUT2D eigenvalue weighted by molar-refractivity contribution is 7.90. The maximum absolute atomic E-state index is 14.2. The average Bonchev–Trinajstić information content (AvgIpc) is 2.71. The average molecular weight is 440 g/mol. The van der Waals surface area contributed by atoms with Gasteiger partial charge in [0.05, 0.1) is 18.8 Å². The van der Waals surface area contributed by atoms with Crippen LogP contribution >= 0.6 is 0 Å². The zero-order valence-electron chi connectivity index (χ0n) is 17.3. The van der Waals surface area contributed by atoms with E-state index >= 15 is 0 Å². The fraction of sp³-hybridized carbons (Fsp3) is 0.350. The molecule has 8 nitrogen and oxygen atoms in total. The summed E-state index contributed by atoms with van der Waals surface area (Å²) >= 11 is 0. The minimum Gasteiger partial charge on any atom is -0.497 e. The van der Waals surface area contributed by atoms with Crippen LogP contribution in [-0.4, -0.2) is 59.0 Å². The molecule has 0 radical (unpaired) electrons. The quantitative estimate of drug-likeness (QED) is 0.612. The molecule has 0 saturated carbocycles. The Bertz CT molecular complexity index is 951. The summed E-state index contributed by atoms with van der Waals surface area (Å²) in [5, 5.41) is 2.67. The smallest absolute Gasteiger partial charge is 0.304 e. The zero-order valence-corrected chi connectivity index (χ0v) is 18.1. The summed E-state index contributed by atoms with van der Waals surface area (Å²) < 4.78 is 51.8. The van der Waals surface area contributed by atoms with Crippen LogP contribution in [0, 0.1) is 5.82 Å². The van der Waals surface area contributed by atoms with Crippen molar-refractivity contribution in [1.29, 1.82) is 0 Å². The minimum absolute atomic E-state index is 0.165. The van der Waals surface area contributed by atoms with Crippen LogP contribution in [0.2, 0.25) is 0 Å². The SMILES string of the molecule is COc1ccc(OC[C@@H](C)NC(=O)CN(c2ccccc2F)S(=O)(=O)N(C)C)cc1. The van der Waals surface area contributed by atoms with Gasteiger partial charge in [0, 0.05) is 14.1 Å². The normalized spacial score (nSPS) is 12.3. The van der Waals surface area contributed by atoms with Crippen LogP contribution < -0.4 is 19.1 Å². The second-order valence-corrected chi connectivity index (χ2v) is 8.77. The number of methoxy groups -OCH3 is 1. The lowest BCUT2D eigenvalue weighted by atomic mass is 10.3. The van der Waals surface area contributed by atoms with Gasteiger partial charge in [-0.05, 0) is 43.3 Å². The molecule has 0 heterocycles. The molecule has 0 aliphatic rings. The second kappa shape index (κ2) is 10.3. The molecule has 0 aliphatic heterocycles. The van der Waals surface area contributed by atoms with E-state index in [9.17, 15) is 17.6 Å². The summed E-state index contributed by atoms with van der Waals surface area (Å²) in [5.74, 6) is -0.0415. The molecular formula is C20H26FN3O5S. The van der Waals surface area contributed by atoms with Gasteiger partial charge in [-0.2, -0.15) is 12.7 Å². The fourth-order valence-corrected chi connectivity index (χ4v) is 3.60. The van der Waals surface area contributed by atoms with Crippen molar-refractivity contribution in [3.05, 3.63) is 54.3 Å². The number of amides is 1. The molecular weight excluding hydrogens is 413 g/mol. The lowest BCUT2D eigenvalue weighted by Crippen LogP contribution is -2.48. The van der Waals surface area contributed by atoms with Gasteiger partial charge >= 0.3 is 10.2 Å². The topological polar surface area (TPSA) is 88.2 Å². The first-order valence-electron chi connectivity index (χ1n) is 9.16. The van der Waals surface area contributed by atoms with Crippen molar-refractivity contribution in [1.82, 2.24) is 9.62 Å². The number of hydrogen-bond donors (Lipinski definition) is 1. The number of rotatable bonds is 10. The van der Waals surface area contributed by atoms with E-state index in [0.717, 1.165) is 14.7 Å². The van der Waals surface area contributed by atoms with E-state index in [-0.39, 0.29) is 12.3 Å². The van der Waals surface area contributed by atoms with Crippen LogP contribution in [-0.2, 0) is 15.0 Å². The summed E-state index contributed by atoms with van der Waals surface area (Å²) in [6.07, 6.45) is 0. The lowest BCUT2D eigenvalue weighted by Gasteiger charge is -2.27. The van der Waals surface area contributed by atoms with Crippen molar-refractivity contribution < 1.29 is 27.1 Å². The molecule has 30 heavy (non-hydrogen) atoms. The number of nitrogens with zero attached hydrogens (tertiary/aromatic N) is 2. The minimum atomic E-state index is -4.08. The van der Waals surface area contributed by atoms with Gasteiger partial charge in [0.2, 0.25) is 5.91 Å². The van der Waals surface area contributed by atoms with Gasteiger partial charge in [-0.25, -0.2) is 8.70 Å². The number of anilines is 1. The number of nitrogens with one attached hydrogen (secondary N) is 1. The van der Waals surface area contributed by atoms with Gasteiger partial charge in [0.1, 0.15) is 30.5 Å². The van der Waals surface area contributed by atoms with Crippen molar-refractivity contribution in [3.8, 4) is 11.5 Å². The van der Waals surface area contributed by atoms with Crippen LogP contribution in [0.5, 0.6) is 11.5 Å². The highest BCUT2D eigenvalue weighted by Crippen LogP contribution is 2.22. The Hall–Kier alpha value is -2.85. The highest BCUT2D eigenvalue weighted by atomic mass is 32.2. The van der Waals surface area contributed by atoms with E-state index in [4.69, 9.17) is 9.47 Å². The maximum Gasteiger partial charge on any atom is 0.304 e. The summed E-state index contributed by atoms with van der Waals surface area (Å²) in [4.78, 5) is 12.5. The van der Waals surface area contributed by atoms with Gasteiger partial charge in [-0.15, -0.1) is 0 Å². The first-order chi connectivity index (χ1) is 14.1. The molecule has 164 valence electrons. The number of carbonyl (C=O) groups is 1. The third kappa shape index (κ3) is 6.07. The molecule has 1 atom stereocenters. The maximum atomic E-state index is 14.2. The molecule has 2 aromatic carbocycles. The van der Waals surface area contributed by atoms with Crippen LogP contribution in [0.1, 0.15) is 6.92 Å². The fourth-order valence-electron chi connectivity index (χ4n) is 2.53. The van der Waals surface area contributed by atoms with Crippen LogP contribution in [0.4, 0.5) is 10.1 Å². The van der Waals surface area contributed by atoms with E-state index in [1.165, 1.54) is 32.3 Å². The Balaban J connectivity index is 2.03. The molecule has 1 amide bonds. The van der Waals surface area contributed by atoms with E-state index < -0.39 is 34.5 Å². The van der Waals surface area contributed by atoms with Crippen LogP contribution in [0.25, 0.3) is 0 Å². The van der Waals surface area contributed by atoms with Crippen LogP contribution in [0.3, 0.4) is 0 Å². The van der Waals surface area contributed by atoms with Gasteiger partial charge in [0.15, 0.2) is 0 Å². The zero-order chi connectivity index (χ0) is 22.3. The Morgan fingerprint density at radius 2 is 1.70 bits per heavy atom. The third-order valence-electron chi connectivity index (χ3n) is 4.12. The predicted octanol–water partition coefficient (Wildman–Crippen LogP) is 2.03. The molecule has 2 rings (SSSR count). The number of halogens is 1. The number of ether oxygens (including phenoxy) is 2. The summed E-state index contributed by atoms with van der Waals surface area (Å²) in [5.41, 5.74) is -0.205. The lowest BCUT2D eigenvalue weighted by molar-refractivity contribution is -0.120. The monoisotopic (exact) mass is 439 g/mol. The molecule has 1 N–H and O–H groups in total. The van der Waals surface area contributed by atoms with Gasteiger partial charge in [-0.3, -0.25) is 4.79 Å². The van der Waals surface area contributed by atoms with E-state index in [2.05, 4.69) is 5.32 Å². The van der Waals surface area contributed by atoms with E-state index in [1.807, 2.05) is 0 Å². The van der Waals surface area contributed by atoms with E-state index in [0.29, 0.717) is 11.5 Å². The first-order valence-corrected chi connectivity index (χ1v) is 10.6. The number of para-hydroxylation sites is 1. The first kappa shape index (κ1) is 23.4.